The van der Waals surface area contributed by atoms with Crippen molar-refractivity contribution < 1.29 is 14.3 Å². The van der Waals surface area contributed by atoms with Crippen LogP contribution in [-0.2, 0) is 14.3 Å². The number of benzene rings is 1. The van der Waals surface area contributed by atoms with E-state index in [0.717, 1.165) is 0 Å². The number of nitrogens with zero attached hydrogens (tertiary/aromatic N) is 1. The van der Waals surface area contributed by atoms with E-state index in [1.54, 1.807) is 38.2 Å². The predicted octanol–water partition coefficient (Wildman–Crippen LogP) is 1.35. The number of likely N-dealkylation sites (N-methyl/N-ethyl adjacent to an activating group) is 1. The van der Waals surface area contributed by atoms with Crippen LogP contribution in [0.25, 0.3) is 0 Å². The summed E-state index contributed by atoms with van der Waals surface area (Å²) in [7, 11) is 1.57. The zero-order valence-corrected chi connectivity index (χ0v) is 10.8. The zero-order chi connectivity index (χ0) is 13.7. The largest absolute Gasteiger partial charge is 0.464 e. The van der Waals surface area contributed by atoms with Gasteiger partial charge in [0.2, 0.25) is 5.91 Å². The maximum atomic E-state index is 11.9. The summed E-state index contributed by atoms with van der Waals surface area (Å²) < 4.78 is 5.00. The highest BCUT2D eigenvalue weighted by Gasteiger charge is 2.28. The Kier molecular flexibility index (Phi) is 4.71. The third-order valence-electron chi connectivity index (χ3n) is 2.65. The molecule has 0 aliphatic rings. The average molecular weight is 250 g/mol. The van der Waals surface area contributed by atoms with Gasteiger partial charge in [0.1, 0.15) is 0 Å². The van der Waals surface area contributed by atoms with Crippen molar-refractivity contribution >= 4 is 17.6 Å². The number of rotatable bonds is 4. The Balaban J connectivity index is 3.07. The molecule has 0 radical (unpaired) electrons. The Bertz CT molecular complexity index is 428. The highest BCUT2D eigenvalue weighted by molar-refractivity contribution is 5.84. The molecule has 1 aromatic carbocycles. The number of anilines is 1. The lowest BCUT2D eigenvalue weighted by molar-refractivity contribution is -0.153. The van der Waals surface area contributed by atoms with E-state index in [1.807, 2.05) is 0 Å². The number of amides is 1. The van der Waals surface area contributed by atoms with Crippen LogP contribution in [0.15, 0.2) is 24.3 Å². The fourth-order valence-electron chi connectivity index (χ4n) is 1.60. The topological polar surface area (TPSA) is 72.6 Å². The summed E-state index contributed by atoms with van der Waals surface area (Å²) in [5, 5.41) is 0. The molecule has 98 valence electrons. The smallest absolute Gasteiger partial charge is 0.333 e. The third-order valence-corrected chi connectivity index (χ3v) is 2.65. The monoisotopic (exact) mass is 250 g/mol. The van der Waals surface area contributed by atoms with Gasteiger partial charge in [0.15, 0.2) is 6.04 Å². The summed E-state index contributed by atoms with van der Waals surface area (Å²) in [5.41, 5.74) is 6.89. The van der Waals surface area contributed by atoms with E-state index in [0.29, 0.717) is 11.3 Å². The molecule has 0 bridgehead atoms. The van der Waals surface area contributed by atoms with Crippen molar-refractivity contribution in [1.82, 2.24) is 4.90 Å². The van der Waals surface area contributed by atoms with Gasteiger partial charge in [0, 0.05) is 19.7 Å². The quantitative estimate of drug-likeness (QED) is 0.646. The van der Waals surface area contributed by atoms with Crippen LogP contribution in [0.3, 0.4) is 0 Å². The molecule has 0 aromatic heterocycles. The van der Waals surface area contributed by atoms with Crippen LogP contribution in [0.4, 0.5) is 5.69 Å². The van der Waals surface area contributed by atoms with E-state index in [4.69, 9.17) is 10.5 Å². The maximum absolute atomic E-state index is 11.9. The summed E-state index contributed by atoms with van der Waals surface area (Å²) in [6.07, 6.45) is 0. The summed E-state index contributed by atoms with van der Waals surface area (Å²) in [6, 6.07) is 6.08. The van der Waals surface area contributed by atoms with Crippen LogP contribution in [0.1, 0.15) is 25.5 Å². The van der Waals surface area contributed by atoms with Crippen LogP contribution in [0.5, 0.6) is 0 Å². The number of carbonyl (C=O) groups excluding carboxylic acids is 2. The number of ether oxygens (including phenoxy) is 1. The van der Waals surface area contributed by atoms with E-state index in [9.17, 15) is 9.59 Å². The van der Waals surface area contributed by atoms with Gasteiger partial charge in [-0.1, -0.05) is 12.1 Å². The van der Waals surface area contributed by atoms with Crippen molar-refractivity contribution in [2.24, 2.45) is 0 Å². The maximum Gasteiger partial charge on any atom is 0.333 e. The van der Waals surface area contributed by atoms with Crippen molar-refractivity contribution in [3.63, 3.8) is 0 Å². The van der Waals surface area contributed by atoms with Gasteiger partial charge < -0.3 is 15.4 Å². The van der Waals surface area contributed by atoms with Gasteiger partial charge in [0.25, 0.3) is 0 Å². The van der Waals surface area contributed by atoms with Crippen molar-refractivity contribution in [1.29, 1.82) is 0 Å². The fourth-order valence-corrected chi connectivity index (χ4v) is 1.60. The van der Waals surface area contributed by atoms with Crippen LogP contribution >= 0.6 is 0 Å². The highest BCUT2D eigenvalue weighted by atomic mass is 16.5. The molecule has 5 heteroatoms. The first kappa shape index (κ1) is 14.0. The van der Waals surface area contributed by atoms with Crippen molar-refractivity contribution in [3.05, 3.63) is 29.8 Å². The summed E-state index contributed by atoms with van der Waals surface area (Å²) in [4.78, 5) is 24.7. The second kappa shape index (κ2) is 6.05. The Hall–Kier alpha value is -2.04. The third kappa shape index (κ3) is 3.23. The van der Waals surface area contributed by atoms with E-state index in [2.05, 4.69) is 0 Å². The molecule has 0 heterocycles. The van der Waals surface area contributed by atoms with E-state index < -0.39 is 12.0 Å². The number of nitrogen functional groups attached to an aromatic ring is 1. The molecule has 2 N–H and O–H groups in total. The first-order valence-corrected chi connectivity index (χ1v) is 5.72. The van der Waals surface area contributed by atoms with Crippen molar-refractivity contribution in [2.75, 3.05) is 19.4 Å². The van der Waals surface area contributed by atoms with Gasteiger partial charge in [-0.2, -0.15) is 0 Å². The Labute approximate surface area is 107 Å². The highest BCUT2D eigenvalue weighted by Crippen LogP contribution is 2.22. The average Bonchev–Trinajstić information content (AvgIpc) is 2.32. The fraction of sp³-hybridized carbons (Fsp3) is 0.385. The SMILES string of the molecule is CCOC(=O)[C@H](c1ccc(N)cc1)N(C)C(C)=O. The lowest BCUT2D eigenvalue weighted by Crippen LogP contribution is -2.35. The Morgan fingerprint density at radius 3 is 2.33 bits per heavy atom. The van der Waals surface area contributed by atoms with E-state index >= 15 is 0 Å². The second-order valence-corrected chi connectivity index (χ2v) is 3.95. The number of esters is 1. The van der Waals surface area contributed by atoms with Crippen LogP contribution in [0, 0.1) is 0 Å². The number of nitrogens with two attached hydrogens (primary N) is 1. The molecule has 0 unspecified atom stereocenters. The van der Waals surface area contributed by atoms with Gasteiger partial charge in [-0.15, -0.1) is 0 Å². The normalized spacial score (nSPS) is 11.7. The molecule has 0 aliphatic carbocycles. The first-order valence-electron chi connectivity index (χ1n) is 5.72. The number of carbonyl (C=O) groups is 2. The van der Waals surface area contributed by atoms with Crippen LogP contribution < -0.4 is 5.73 Å². The first-order chi connectivity index (χ1) is 8.47. The van der Waals surface area contributed by atoms with Gasteiger partial charge in [-0.3, -0.25) is 4.79 Å². The minimum Gasteiger partial charge on any atom is -0.464 e. The standard InChI is InChI=1S/C13H18N2O3/c1-4-18-13(17)12(15(3)9(2)16)10-5-7-11(14)8-6-10/h5-8,12H,4,14H2,1-3H3/t12-/m0/s1. The van der Waals surface area contributed by atoms with Crippen molar-refractivity contribution in [3.8, 4) is 0 Å². The Morgan fingerprint density at radius 1 is 1.33 bits per heavy atom. The van der Waals surface area contributed by atoms with E-state index in [1.165, 1.54) is 11.8 Å². The summed E-state index contributed by atoms with van der Waals surface area (Å²) >= 11 is 0. The minimum absolute atomic E-state index is 0.204. The molecular weight excluding hydrogens is 232 g/mol. The summed E-state index contributed by atoms with van der Waals surface area (Å²) in [5.74, 6) is -0.648. The molecule has 1 atom stereocenters. The predicted molar refractivity (Wildman–Crippen MR) is 68.7 cm³/mol. The van der Waals surface area contributed by atoms with Gasteiger partial charge in [-0.05, 0) is 24.6 Å². The molecule has 18 heavy (non-hydrogen) atoms. The molecule has 0 aliphatic heterocycles. The van der Waals surface area contributed by atoms with Gasteiger partial charge in [0.05, 0.1) is 6.61 Å². The Morgan fingerprint density at radius 2 is 1.89 bits per heavy atom. The van der Waals surface area contributed by atoms with Gasteiger partial charge >= 0.3 is 5.97 Å². The van der Waals surface area contributed by atoms with Crippen LogP contribution in [0.2, 0.25) is 0 Å². The molecule has 0 saturated carbocycles. The lowest BCUT2D eigenvalue weighted by Gasteiger charge is -2.25. The molecule has 1 aromatic rings. The second-order valence-electron chi connectivity index (χ2n) is 3.95. The molecule has 0 fully saturated rings. The van der Waals surface area contributed by atoms with Crippen LogP contribution in [-0.4, -0.2) is 30.4 Å². The molecule has 1 rings (SSSR count). The van der Waals surface area contributed by atoms with Gasteiger partial charge in [-0.25, -0.2) is 4.79 Å². The summed E-state index contributed by atoms with van der Waals surface area (Å²) in [6.45, 7) is 3.41. The minimum atomic E-state index is -0.733. The molecule has 5 nitrogen and oxygen atoms in total. The van der Waals surface area contributed by atoms with Crippen molar-refractivity contribution in [2.45, 2.75) is 19.9 Å². The molecule has 0 spiro atoms. The molecular formula is C13H18N2O3. The zero-order valence-electron chi connectivity index (χ0n) is 10.8. The lowest BCUT2D eigenvalue weighted by atomic mass is 10.1. The number of hydrogen-bond donors (Lipinski definition) is 1. The van der Waals surface area contributed by atoms with E-state index in [-0.39, 0.29) is 12.5 Å². The number of hydrogen-bond acceptors (Lipinski definition) is 4. The molecule has 1 amide bonds. The molecule has 0 saturated heterocycles.